The topological polar surface area (TPSA) is 99.1 Å². The van der Waals surface area contributed by atoms with Gasteiger partial charge in [-0.3, -0.25) is 15.1 Å². The van der Waals surface area contributed by atoms with Gasteiger partial charge in [0.2, 0.25) is 0 Å². The summed E-state index contributed by atoms with van der Waals surface area (Å²) in [5.74, 6) is 0.910. The van der Waals surface area contributed by atoms with E-state index in [0.717, 1.165) is 29.7 Å². The summed E-state index contributed by atoms with van der Waals surface area (Å²) in [6.07, 6.45) is 5.42. The van der Waals surface area contributed by atoms with Gasteiger partial charge in [0, 0.05) is 28.6 Å². The van der Waals surface area contributed by atoms with E-state index in [1.807, 2.05) is 19.1 Å². The number of alkyl halides is 2. The number of methoxy groups -OCH3 is 1. The maximum absolute atomic E-state index is 13.5. The van der Waals surface area contributed by atoms with Gasteiger partial charge in [-0.1, -0.05) is 17.4 Å². The first-order chi connectivity index (χ1) is 19.4. The molecule has 1 aliphatic rings. The zero-order valence-corrected chi connectivity index (χ0v) is 22.3. The van der Waals surface area contributed by atoms with Gasteiger partial charge < -0.3 is 9.47 Å². The molecule has 1 amide bonds. The molecule has 2 aromatic carbocycles. The summed E-state index contributed by atoms with van der Waals surface area (Å²) in [6.45, 7) is -1.01. The lowest BCUT2D eigenvalue weighted by molar-refractivity contribution is -0.0498. The number of fused-ring (bicyclic) bond motifs is 1. The lowest BCUT2D eigenvalue weighted by Crippen LogP contribution is -2.14. The highest BCUT2D eigenvalue weighted by Crippen LogP contribution is 2.43. The van der Waals surface area contributed by atoms with Gasteiger partial charge in [0.15, 0.2) is 15.6 Å². The van der Waals surface area contributed by atoms with Crippen LogP contribution in [0.2, 0.25) is 0 Å². The Balaban J connectivity index is 1.28. The molecule has 5 aromatic rings. The predicted molar refractivity (Wildman–Crippen MR) is 148 cm³/mol. The van der Waals surface area contributed by atoms with Gasteiger partial charge in [0.25, 0.3) is 5.91 Å². The maximum Gasteiger partial charge on any atom is 0.387 e. The number of thiazole rings is 1. The molecule has 11 heteroatoms. The molecule has 40 heavy (non-hydrogen) atoms. The van der Waals surface area contributed by atoms with Crippen LogP contribution >= 0.6 is 11.3 Å². The minimum absolute atomic E-state index is 0.0532. The van der Waals surface area contributed by atoms with Crippen LogP contribution in [0.1, 0.15) is 40.4 Å². The lowest BCUT2D eigenvalue weighted by atomic mass is 9.96. The molecule has 0 radical (unpaired) electrons. The van der Waals surface area contributed by atoms with Crippen LogP contribution in [0.15, 0.2) is 60.9 Å². The van der Waals surface area contributed by atoms with E-state index in [1.165, 1.54) is 35.2 Å². The number of aryl methyl sites for hydroxylation is 1. The maximum atomic E-state index is 13.5. The molecule has 1 fully saturated rings. The normalized spacial score (nSPS) is 13.0. The van der Waals surface area contributed by atoms with Crippen LogP contribution in [0.5, 0.6) is 11.5 Å². The number of hydrogen-bond acceptors (Lipinski definition) is 8. The molecular formula is C29H23F2N5O3S. The third-order valence-corrected chi connectivity index (χ3v) is 7.42. The van der Waals surface area contributed by atoms with Crippen molar-refractivity contribution in [2.24, 2.45) is 0 Å². The van der Waals surface area contributed by atoms with Crippen molar-refractivity contribution < 1.29 is 23.0 Å². The summed E-state index contributed by atoms with van der Waals surface area (Å²) < 4.78 is 34.9. The van der Waals surface area contributed by atoms with E-state index in [9.17, 15) is 13.6 Å². The third kappa shape index (κ3) is 5.32. The number of nitrogens with one attached hydrogen (secondary N) is 1. The smallest absolute Gasteiger partial charge is 0.387 e. The van der Waals surface area contributed by atoms with Gasteiger partial charge in [-0.2, -0.15) is 13.8 Å². The summed E-state index contributed by atoms with van der Waals surface area (Å²) in [7, 11) is 1.62. The van der Waals surface area contributed by atoms with Gasteiger partial charge in [-0.05, 0) is 73.7 Å². The van der Waals surface area contributed by atoms with Crippen molar-refractivity contribution in [3.8, 4) is 33.9 Å². The molecule has 202 valence electrons. The quantitative estimate of drug-likeness (QED) is 0.222. The summed E-state index contributed by atoms with van der Waals surface area (Å²) in [5.41, 5.74) is 5.55. The van der Waals surface area contributed by atoms with Crippen molar-refractivity contribution in [3.63, 3.8) is 0 Å². The van der Waals surface area contributed by atoms with Crippen molar-refractivity contribution in [2.75, 3.05) is 12.4 Å². The van der Waals surface area contributed by atoms with E-state index < -0.39 is 6.61 Å². The van der Waals surface area contributed by atoms with Crippen LogP contribution in [0.25, 0.3) is 32.9 Å². The largest absolute Gasteiger partial charge is 0.496 e. The second-order valence-electron chi connectivity index (χ2n) is 9.37. The van der Waals surface area contributed by atoms with E-state index in [-0.39, 0.29) is 11.7 Å². The second-order valence-corrected chi connectivity index (χ2v) is 10.3. The minimum atomic E-state index is -2.89. The fourth-order valence-corrected chi connectivity index (χ4v) is 5.25. The standard InChI is InChI=1S/C29H23F2N5O3S/c1-15-11-20(21-12-18(16-3-4-16)7-10-24(21)38-2)22(13-32-15)26(37)36-29-35-25-27(40-29)34-23(14-33-25)17-5-8-19(9-6-17)39-28(30)31/h5-14,16,28H,3-4H2,1-2H3,(H,33,35,36,37). The highest BCUT2D eigenvalue weighted by molar-refractivity contribution is 7.21. The average molecular weight is 560 g/mol. The summed E-state index contributed by atoms with van der Waals surface area (Å²) >= 11 is 1.18. The molecule has 1 aliphatic carbocycles. The number of pyridine rings is 1. The minimum Gasteiger partial charge on any atom is -0.496 e. The number of nitrogens with zero attached hydrogens (tertiary/aromatic N) is 4. The van der Waals surface area contributed by atoms with Gasteiger partial charge in [-0.15, -0.1) is 0 Å². The van der Waals surface area contributed by atoms with Crippen molar-refractivity contribution in [2.45, 2.75) is 32.3 Å². The highest BCUT2D eigenvalue weighted by atomic mass is 32.1. The van der Waals surface area contributed by atoms with Crippen LogP contribution in [0.4, 0.5) is 13.9 Å². The van der Waals surface area contributed by atoms with E-state index in [2.05, 4.69) is 42.1 Å². The van der Waals surface area contributed by atoms with Crippen LogP contribution < -0.4 is 14.8 Å². The monoisotopic (exact) mass is 559 g/mol. The first-order valence-electron chi connectivity index (χ1n) is 12.5. The fourth-order valence-electron chi connectivity index (χ4n) is 4.46. The number of ether oxygens (including phenoxy) is 2. The highest BCUT2D eigenvalue weighted by Gasteiger charge is 2.26. The number of hydrogen-bond donors (Lipinski definition) is 1. The molecule has 0 saturated heterocycles. The second kappa shape index (κ2) is 10.6. The molecule has 0 unspecified atom stereocenters. The molecule has 6 rings (SSSR count). The van der Waals surface area contributed by atoms with Crippen LogP contribution in [-0.4, -0.2) is 39.6 Å². The van der Waals surface area contributed by atoms with Gasteiger partial charge in [0.1, 0.15) is 11.5 Å². The Morgan fingerprint density at radius 3 is 2.55 bits per heavy atom. The van der Waals surface area contributed by atoms with Crippen molar-refractivity contribution >= 4 is 32.9 Å². The summed E-state index contributed by atoms with van der Waals surface area (Å²) in [5, 5.41) is 3.21. The Hall–Kier alpha value is -4.51. The number of benzene rings is 2. The Morgan fingerprint density at radius 1 is 1.02 bits per heavy atom. The van der Waals surface area contributed by atoms with E-state index >= 15 is 0 Å². The lowest BCUT2D eigenvalue weighted by Gasteiger charge is -2.14. The molecule has 0 spiro atoms. The fraction of sp³-hybridized carbons (Fsp3) is 0.207. The van der Waals surface area contributed by atoms with E-state index in [0.29, 0.717) is 44.1 Å². The molecule has 3 heterocycles. The molecule has 1 N–H and O–H groups in total. The predicted octanol–water partition coefficient (Wildman–Crippen LogP) is 6.86. The van der Waals surface area contributed by atoms with Crippen LogP contribution in [-0.2, 0) is 0 Å². The van der Waals surface area contributed by atoms with E-state index in [1.54, 1.807) is 25.4 Å². The number of amides is 1. The van der Waals surface area contributed by atoms with Crippen LogP contribution in [0, 0.1) is 6.92 Å². The van der Waals surface area contributed by atoms with Gasteiger partial charge in [0.05, 0.1) is 24.6 Å². The Bertz CT molecular complexity index is 1720. The number of rotatable bonds is 8. The molecular weight excluding hydrogens is 536 g/mol. The SMILES string of the molecule is COc1ccc(C2CC2)cc1-c1cc(C)ncc1C(=O)Nc1nc2ncc(-c3ccc(OC(F)F)cc3)nc2s1. The number of halogens is 2. The Labute approximate surface area is 232 Å². The molecule has 0 aliphatic heterocycles. The van der Waals surface area contributed by atoms with Crippen molar-refractivity contribution in [3.05, 3.63) is 77.7 Å². The van der Waals surface area contributed by atoms with Gasteiger partial charge >= 0.3 is 6.61 Å². The summed E-state index contributed by atoms with van der Waals surface area (Å²) in [6, 6.07) is 14.1. The molecule has 3 aromatic heterocycles. The molecule has 1 saturated carbocycles. The zero-order chi connectivity index (χ0) is 27.8. The molecule has 8 nitrogen and oxygen atoms in total. The summed E-state index contributed by atoms with van der Waals surface area (Å²) in [4.78, 5) is 31.8. The number of carbonyl (C=O) groups excluding carboxylic acids is 1. The van der Waals surface area contributed by atoms with Gasteiger partial charge in [-0.25, -0.2) is 9.97 Å². The Kier molecular flexibility index (Phi) is 6.81. The zero-order valence-electron chi connectivity index (χ0n) is 21.5. The third-order valence-electron chi connectivity index (χ3n) is 6.57. The average Bonchev–Trinajstić information content (AvgIpc) is 3.72. The van der Waals surface area contributed by atoms with E-state index in [4.69, 9.17) is 4.74 Å². The number of anilines is 1. The first-order valence-corrected chi connectivity index (χ1v) is 13.3. The molecule has 0 atom stereocenters. The van der Waals surface area contributed by atoms with Crippen LogP contribution in [0.3, 0.4) is 0 Å². The molecule has 0 bridgehead atoms. The first kappa shape index (κ1) is 25.8. The van der Waals surface area contributed by atoms with Crippen molar-refractivity contribution in [1.29, 1.82) is 0 Å². The number of aromatic nitrogens is 4. The van der Waals surface area contributed by atoms with Crippen molar-refractivity contribution in [1.82, 2.24) is 19.9 Å². The number of carbonyl (C=O) groups is 1. The Morgan fingerprint density at radius 2 is 1.82 bits per heavy atom.